The van der Waals surface area contributed by atoms with Gasteiger partial charge in [0.25, 0.3) is 0 Å². The Bertz CT molecular complexity index is 448. The summed E-state index contributed by atoms with van der Waals surface area (Å²) in [6.07, 6.45) is 0.177. The van der Waals surface area contributed by atoms with Gasteiger partial charge in [-0.25, -0.2) is 4.39 Å². The van der Waals surface area contributed by atoms with Crippen molar-refractivity contribution in [3.05, 3.63) is 29.6 Å². The summed E-state index contributed by atoms with van der Waals surface area (Å²) in [4.78, 5) is 2.29. The third-order valence-electron chi connectivity index (χ3n) is 3.32. The van der Waals surface area contributed by atoms with E-state index in [4.69, 9.17) is 4.74 Å². The van der Waals surface area contributed by atoms with Crippen LogP contribution in [0, 0.1) is 5.82 Å². The lowest BCUT2D eigenvalue weighted by molar-refractivity contribution is -0.0750. The highest BCUT2D eigenvalue weighted by Gasteiger charge is 2.32. The molecule has 2 rings (SSSR count). The molecule has 1 aromatic carbocycles. The second-order valence-corrected chi connectivity index (χ2v) is 5.87. The van der Waals surface area contributed by atoms with Gasteiger partial charge in [0.05, 0.1) is 11.7 Å². The van der Waals surface area contributed by atoms with Crippen LogP contribution in [0.4, 0.5) is 10.1 Å². The average Bonchev–Trinajstić information content (AvgIpc) is 2.26. The zero-order chi connectivity index (χ0) is 14.0. The fourth-order valence-electron chi connectivity index (χ4n) is 2.83. The molecule has 0 amide bonds. The molecule has 1 aromatic rings. The summed E-state index contributed by atoms with van der Waals surface area (Å²) >= 11 is 0. The Labute approximate surface area is 114 Å². The fourth-order valence-corrected chi connectivity index (χ4v) is 2.83. The van der Waals surface area contributed by atoms with Gasteiger partial charge in [-0.05, 0) is 51.6 Å². The number of morpholine rings is 1. The maximum Gasteiger partial charge on any atom is 0.123 e. The molecule has 1 fully saturated rings. The number of anilines is 1. The molecule has 1 atom stereocenters. The molecule has 19 heavy (non-hydrogen) atoms. The molecule has 0 aliphatic carbocycles. The van der Waals surface area contributed by atoms with Crippen molar-refractivity contribution in [2.75, 3.05) is 25.0 Å². The van der Waals surface area contributed by atoms with Crippen molar-refractivity contribution in [3.8, 4) is 0 Å². The van der Waals surface area contributed by atoms with E-state index in [1.54, 1.807) is 6.07 Å². The summed E-state index contributed by atoms with van der Waals surface area (Å²) in [7, 11) is 1.88. The summed E-state index contributed by atoms with van der Waals surface area (Å²) in [5.41, 5.74) is 1.91. The van der Waals surface area contributed by atoms with Crippen LogP contribution in [0.5, 0.6) is 0 Å². The number of hydrogen-bond acceptors (Lipinski definition) is 3. The summed E-state index contributed by atoms with van der Waals surface area (Å²) in [6.45, 7) is 8.59. The SMILES string of the molecule is CNCc1cc(F)ccc1N1CC(C)OC(C)(C)C1. The van der Waals surface area contributed by atoms with Crippen molar-refractivity contribution in [1.29, 1.82) is 0 Å². The molecule has 1 unspecified atom stereocenters. The Morgan fingerprint density at radius 1 is 1.47 bits per heavy atom. The van der Waals surface area contributed by atoms with E-state index in [2.05, 4.69) is 31.0 Å². The Hall–Kier alpha value is -1.13. The molecular weight excluding hydrogens is 243 g/mol. The monoisotopic (exact) mass is 266 g/mol. The zero-order valence-electron chi connectivity index (χ0n) is 12.2. The molecule has 1 saturated heterocycles. The second-order valence-electron chi connectivity index (χ2n) is 5.87. The van der Waals surface area contributed by atoms with E-state index >= 15 is 0 Å². The van der Waals surface area contributed by atoms with Crippen LogP contribution in [0.25, 0.3) is 0 Å². The van der Waals surface area contributed by atoms with Gasteiger partial charge < -0.3 is 15.0 Å². The Morgan fingerprint density at radius 2 is 2.21 bits per heavy atom. The second kappa shape index (κ2) is 5.47. The Balaban J connectivity index is 2.30. The van der Waals surface area contributed by atoms with Crippen LogP contribution in [0.3, 0.4) is 0 Å². The number of nitrogens with zero attached hydrogens (tertiary/aromatic N) is 1. The highest BCUT2D eigenvalue weighted by molar-refractivity contribution is 5.54. The minimum Gasteiger partial charge on any atom is -0.369 e. The van der Waals surface area contributed by atoms with Crippen LogP contribution >= 0.6 is 0 Å². The lowest BCUT2D eigenvalue weighted by atomic mass is 10.0. The van der Waals surface area contributed by atoms with Crippen LogP contribution in [0.15, 0.2) is 18.2 Å². The third-order valence-corrected chi connectivity index (χ3v) is 3.32. The van der Waals surface area contributed by atoms with E-state index in [1.807, 2.05) is 13.1 Å². The molecule has 106 valence electrons. The molecule has 4 heteroatoms. The first-order valence-corrected chi connectivity index (χ1v) is 6.77. The van der Waals surface area contributed by atoms with Crippen molar-refractivity contribution in [3.63, 3.8) is 0 Å². The van der Waals surface area contributed by atoms with Gasteiger partial charge in [-0.15, -0.1) is 0 Å². The van der Waals surface area contributed by atoms with Crippen molar-refractivity contribution >= 4 is 5.69 Å². The first-order valence-electron chi connectivity index (χ1n) is 6.77. The first kappa shape index (κ1) is 14.3. The predicted octanol–water partition coefficient (Wildman–Crippen LogP) is 2.55. The standard InChI is InChI=1S/C15H23FN2O/c1-11-9-18(10-15(2,3)19-11)14-6-5-13(16)7-12(14)8-17-4/h5-7,11,17H,8-10H2,1-4H3. The van der Waals surface area contributed by atoms with Crippen LogP contribution in [-0.4, -0.2) is 31.8 Å². The molecule has 1 aliphatic rings. The minimum absolute atomic E-state index is 0.177. The van der Waals surface area contributed by atoms with Gasteiger partial charge in [0, 0.05) is 25.3 Å². The third kappa shape index (κ3) is 3.45. The average molecular weight is 266 g/mol. The molecule has 1 aliphatic heterocycles. The molecular formula is C15H23FN2O. The van der Waals surface area contributed by atoms with E-state index in [0.717, 1.165) is 24.3 Å². The van der Waals surface area contributed by atoms with E-state index < -0.39 is 0 Å². The van der Waals surface area contributed by atoms with Crippen molar-refractivity contribution in [2.24, 2.45) is 0 Å². The molecule has 1 N–H and O–H groups in total. The lowest BCUT2D eigenvalue weighted by Gasteiger charge is -2.43. The lowest BCUT2D eigenvalue weighted by Crippen LogP contribution is -2.52. The van der Waals surface area contributed by atoms with E-state index in [0.29, 0.717) is 6.54 Å². The molecule has 0 spiro atoms. The van der Waals surface area contributed by atoms with Crippen LogP contribution in [-0.2, 0) is 11.3 Å². The maximum atomic E-state index is 13.4. The number of halogens is 1. The summed E-state index contributed by atoms with van der Waals surface area (Å²) < 4.78 is 19.3. The van der Waals surface area contributed by atoms with Crippen LogP contribution in [0.2, 0.25) is 0 Å². The van der Waals surface area contributed by atoms with Gasteiger partial charge in [0.1, 0.15) is 5.82 Å². The molecule has 0 saturated carbocycles. The molecule has 3 nitrogen and oxygen atoms in total. The Morgan fingerprint density at radius 3 is 2.84 bits per heavy atom. The zero-order valence-corrected chi connectivity index (χ0v) is 12.2. The molecule has 1 heterocycles. The fraction of sp³-hybridized carbons (Fsp3) is 0.600. The summed E-state index contributed by atoms with van der Waals surface area (Å²) in [6, 6.07) is 5.01. The van der Waals surface area contributed by atoms with Crippen molar-refractivity contribution in [1.82, 2.24) is 5.32 Å². The topological polar surface area (TPSA) is 24.5 Å². The number of ether oxygens (including phenoxy) is 1. The van der Waals surface area contributed by atoms with E-state index in [1.165, 1.54) is 6.07 Å². The molecule has 0 aromatic heterocycles. The molecule has 0 radical (unpaired) electrons. The smallest absolute Gasteiger partial charge is 0.123 e. The van der Waals surface area contributed by atoms with Crippen LogP contribution in [0.1, 0.15) is 26.3 Å². The Kier molecular flexibility index (Phi) is 4.11. The number of nitrogens with one attached hydrogen (secondary N) is 1. The minimum atomic E-state index is -0.186. The predicted molar refractivity (Wildman–Crippen MR) is 76.0 cm³/mol. The highest BCUT2D eigenvalue weighted by Crippen LogP contribution is 2.29. The molecule has 0 bridgehead atoms. The van der Waals surface area contributed by atoms with Gasteiger partial charge in [-0.3, -0.25) is 0 Å². The summed E-state index contributed by atoms with van der Waals surface area (Å²) in [5.74, 6) is -0.186. The van der Waals surface area contributed by atoms with Gasteiger partial charge in [0.15, 0.2) is 0 Å². The van der Waals surface area contributed by atoms with Gasteiger partial charge in [-0.1, -0.05) is 0 Å². The van der Waals surface area contributed by atoms with Gasteiger partial charge in [0.2, 0.25) is 0 Å². The van der Waals surface area contributed by atoms with E-state index in [-0.39, 0.29) is 17.5 Å². The largest absolute Gasteiger partial charge is 0.369 e. The van der Waals surface area contributed by atoms with Crippen molar-refractivity contribution in [2.45, 2.75) is 39.0 Å². The highest BCUT2D eigenvalue weighted by atomic mass is 19.1. The van der Waals surface area contributed by atoms with Gasteiger partial charge >= 0.3 is 0 Å². The number of hydrogen-bond donors (Lipinski definition) is 1. The van der Waals surface area contributed by atoms with Crippen molar-refractivity contribution < 1.29 is 9.13 Å². The normalized spacial score (nSPS) is 22.6. The van der Waals surface area contributed by atoms with E-state index in [9.17, 15) is 4.39 Å². The maximum absolute atomic E-state index is 13.4. The van der Waals surface area contributed by atoms with Crippen LogP contribution < -0.4 is 10.2 Å². The van der Waals surface area contributed by atoms with Gasteiger partial charge in [-0.2, -0.15) is 0 Å². The number of rotatable bonds is 3. The number of benzene rings is 1. The first-order chi connectivity index (χ1) is 8.91. The summed E-state index contributed by atoms with van der Waals surface area (Å²) in [5, 5.41) is 3.10. The quantitative estimate of drug-likeness (QED) is 0.910.